The molecule has 1 atom stereocenters. The predicted molar refractivity (Wildman–Crippen MR) is 127 cm³/mol. The number of aromatic nitrogens is 3. The molecule has 0 amide bonds. The third-order valence-electron chi connectivity index (χ3n) is 7.33. The van der Waals surface area contributed by atoms with Crippen molar-refractivity contribution in [2.45, 2.75) is 45.1 Å². The fourth-order valence-electron chi connectivity index (χ4n) is 5.55. The van der Waals surface area contributed by atoms with Gasteiger partial charge >= 0.3 is 0 Å². The van der Waals surface area contributed by atoms with E-state index in [-0.39, 0.29) is 47.9 Å². The van der Waals surface area contributed by atoms with E-state index < -0.39 is 18.8 Å². The Morgan fingerprint density at radius 3 is 2.69 bits per heavy atom. The molecule has 5 heterocycles. The number of hydrogen-bond donors (Lipinski definition) is 3. The Kier molecular flexibility index (Phi) is 5.72. The van der Waals surface area contributed by atoms with E-state index in [1.54, 1.807) is 12.1 Å². The van der Waals surface area contributed by atoms with Gasteiger partial charge in [-0.2, -0.15) is 0 Å². The number of ketones is 1. The minimum atomic E-state index is -0.447. The summed E-state index contributed by atoms with van der Waals surface area (Å²) in [6.45, 7) is 1.17. The summed E-state index contributed by atoms with van der Waals surface area (Å²) in [5, 5.41) is 29.5. The van der Waals surface area contributed by atoms with Crippen molar-refractivity contribution in [2.24, 2.45) is 0 Å². The van der Waals surface area contributed by atoms with E-state index in [0.717, 1.165) is 19.4 Å². The fourth-order valence-corrected chi connectivity index (χ4v) is 5.55. The second kappa shape index (κ2) is 8.93. The van der Waals surface area contributed by atoms with E-state index in [4.69, 9.17) is 9.47 Å². The molecule has 1 saturated heterocycles. The van der Waals surface area contributed by atoms with Gasteiger partial charge in [0.1, 0.15) is 11.2 Å². The molecule has 3 aromatic rings. The molecule has 6 rings (SSSR count). The van der Waals surface area contributed by atoms with Crippen LogP contribution in [-0.4, -0.2) is 73.1 Å². The predicted octanol–water partition coefficient (Wildman–Crippen LogP) is 0.563. The third kappa shape index (κ3) is 3.42. The molecular weight excluding hydrogens is 468 g/mol. The normalized spacial score (nSPS) is 18.3. The van der Waals surface area contributed by atoms with Crippen LogP contribution in [0.25, 0.3) is 22.3 Å². The van der Waals surface area contributed by atoms with E-state index in [2.05, 4.69) is 14.9 Å². The lowest BCUT2D eigenvalue weighted by molar-refractivity contribution is 0.104. The number of hydrogen-bond acceptors (Lipinski definition) is 10. The minimum Gasteiger partial charge on any atom is -0.452 e. The number of carbonyl (C=O) groups is 1. The van der Waals surface area contributed by atoms with Gasteiger partial charge in [-0.05, 0) is 37.9 Å². The first kappa shape index (κ1) is 23.0. The monoisotopic (exact) mass is 494 g/mol. The summed E-state index contributed by atoms with van der Waals surface area (Å²) in [4.78, 5) is 38.5. The minimum absolute atomic E-state index is 0.00632. The zero-order chi connectivity index (χ0) is 25.0. The number of likely N-dealkylation sites (tertiary alicyclic amines) is 1. The Balaban J connectivity index is 1.52. The Morgan fingerprint density at radius 1 is 1.06 bits per heavy atom. The molecule has 3 N–H and O–H groups in total. The van der Waals surface area contributed by atoms with Gasteiger partial charge < -0.3 is 29.4 Å². The Bertz CT molecular complexity index is 1450. The maximum Gasteiger partial charge on any atom is 0.277 e. The van der Waals surface area contributed by atoms with Crippen molar-refractivity contribution in [1.82, 2.24) is 19.4 Å². The summed E-state index contributed by atoms with van der Waals surface area (Å²) >= 11 is 0. The number of aliphatic hydroxyl groups excluding tert-OH is 3. The summed E-state index contributed by atoms with van der Waals surface area (Å²) < 4.78 is 12.4. The highest BCUT2D eigenvalue weighted by Crippen LogP contribution is 2.43. The maximum atomic E-state index is 13.8. The van der Waals surface area contributed by atoms with Gasteiger partial charge in [-0.1, -0.05) is 0 Å². The summed E-state index contributed by atoms with van der Waals surface area (Å²) in [6.07, 6.45) is 2.59. The molecule has 11 heteroatoms. The van der Waals surface area contributed by atoms with Gasteiger partial charge in [0.05, 0.1) is 42.3 Å². The molecule has 3 aliphatic rings. The number of aliphatic hydroxyl groups is 3. The van der Waals surface area contributed by atoms with Crippen molar-refractivity contribution in [3.63, 3.8) is 0 Å². The average molecular weight is 495 g/mol. The van der Waals surface area contributed by atoms with Crippen LogP contribution in [0.3, 0.4) is 0 Å². The van der Waals surface area contributed by atoms with E-state index in [1.165, 1.54) is 4.57 Å². The van der Waals surface area contributed by atoms with Crippen LogP contribution >= 0.6 is 0 Å². The molecular formula is C25H26N4O7. The number of rotatable bonds is 7. The summed E-state index contributed by atoms with van der Waals surface area (Å²) in [5.74, 6) is 0.321. The van der Waals surface area contributed by atoms with Crippen molar-refractivity contribution in [3.8, 4) is 23.0 Å². The van der Waals surface area contributed by atoms with Gasteiger partial charge in [-0.15, -0.1) is 0 Å². The fraction of sp³-hybridized carbons (Fsp3) is 0.440. The van der Waals surface area contributed by atoms with Gasteiger partial charge in [0.25, 0.3) is 11.4 Å². The molecule has 0 spiro atoms. The Hall–Kier alpha value is -3.38. The van der Waals surface area contributed by atoms with Crippen molar-refractivity contribution < 1.29 is 29.6 Å². The molecule has 0 radical (unpaired) electrons. The zero-order valence-electron chi connectivity index (χ0n) is 19.6. The highest BCUT2D eigenvalue weighted by Gasteiger charge is 2.37. The second-order valence-corrected chi connectivity index (χ2v) is 9.28. The van der Waals surface area contributed by atoms with Crippen molar-refractivity contribution in [2.75, 3.05) is 26.5 Å². The molecule has 36 heavy (non-hydrogen) atoms. The number of ether oxygens (including phenoxy) is 2. The van der Waals surface area contributed by atoms with Crippen LogP contribution in [0, 0.1) is 0 Å². The van der Waals surface area contributed by atoms with Crippen LogP contribution in [-0.2, 0) is 19.8 Å². The third-order valence-corrected chi connectivity index (χ3v) is 7.33. The first-order chi connectivity index (χ1) is 17.5. The molecule has 11 nitrogen and oxygen atoms in total. The van der Waals surface area contributed by atoms with Crippen LogP contribution < -0.4 is 15.0 Å². The van der Waals surface area contributed by atoms with Crippen molar-refractivity contribution in [3.05, 3.63) is 44.9 Å². The lowest BCUT2D eigenvalue weighted by atomic mass is 10.0. The van der Waals surface area contributed by atoms with Crippen molar-refractivity contribution >= 4 is 16.7 Å². The van der Waals surface area contributed by atoms with Gasteiger partial charge in [0.15, 0.2) is 11.5 Å². The number of pyridine rings is 3. The lowest BCUT2D eigenvalue weighted by Gasteiger charge is -2.23. The molecule has 3 aromatic heterocycles. The van der Waals surface area contributed by atoms with Crippen molar-refractivity contribution in [1.29, 1.82) is 0 Å². The first-order valence-corrected chi connectivity index (χ1v) is 12.1. The molecule has 0 aromatic carbocycles. The van der Waals surface area contributed by atoms with E-state index >= 15 is 0 Å². The number of carbonyl (C=O) groups excluding carboxylic acids is 1. The van der Waals surface area contributed by atoms with E-state index in [1.807, 2.05) is 0 Å². The smallest absolute Gasteiger partial charge is 0.277 e. The quantitative estimate of drug-likeness (QED) is 0.333. The van der Waals surface area contributed by atoms with E-state index in [0.29, 0.717) is 53.2 Å². The highest BCUT2D eigenvalue weighted by atomic mass is 16.7. The first-order valence-electron chi connectivity index (χ1n) is 12.1. The van der Waals surface area contributed by atoms with Gasteiger partial charge in [0.2, 0.25) is 6.79 Å². The standard InChI is InChI=1S/C25H26N4O7/c30-9-13-7-15-19-22(20-16(23(19)33)8-18-24(27-20)36-12-35-18)29(25(34)21(15)26-17(13)11-32)6-2-5-28-4-1-3-14(28)10-31/h7-8,14,30-32H,1-6,9-12H2/t14-/m0/s1. The molecule has 1 fully saturated rings. The topological polar surface area (TPSA) is 147 Å². The molecule has 2 aliphatic heterocycles. The molecule has 0 saturated carbocycles. The van der Waals surface area contributed by atoms with Gasteiger partial charge in [-0.3, -0.25) is 14.5 Å². The van der Waals surface area contributed by atoms with Crippen LogP contribution in [0.2, 0.25) is 0 Å². The molecule has 0 unspecified atom stereocenters. The molecule has 188 valence electrons. The van der Waals surface area contributed by atoms with Crippen LogP contribution in [0.1, 0.15) is 46.4 Å². The van der Waals surface area contributed by atoms with Crippen LogP contribution in [0.5, 0.6) is 11.6 Å². The van der Waals surface area contributed by atoms with Crippen LogP contribution in [0.4, 0.5) is 0 Å². The lowest BCUT2D eigenvalue weighted by Crippen LogP contribution is -2.34. The summed E-state index contributed by atoms with van der Waals surface area (Å²) in [6, 6.07) is 3.27. The van der Waals surface area contributed by atoms with Gasteiger partial charge in [-0.25, -0.2) is 9.97 Å². The molecule has 0 bridgehead atoms. The Morgan fingerprint density at radius 2 is 1.92 bits per heavy atom. The average Bonchev–Trinajstić information content (AvgIpc) is 3.62. The van der Waals surface area contributed by atoms with Gasteiger partial charge in [0, 0.05) is 30.1 Å². The van der Waals surface area contributed by atoms with Crippen LogP contribution in [0.15, 0.2) is 16.9 Å². The molecule has 1 aliphatic carbocycles. The summed E-state index contributed by atoms with van der Waals surface area (Å²) in [5.41, 5.74) is 1.55. The largest absolute Gasteiger partial charge is 0.452 e. The number of nitrogens with zero attached hydrogens (tertiary/aromatic N) is 4. The Labute approximate surface area is 205 Å². The zero-order valence-corrected chi connectivity index (χ0v) is 19.6. The SMILES string of the molecule is O=C1c2cc3c(nc2-c2c1c1cc(CO)c(CO)nc1c(=O)n2CCCN1CCC[C@H]1CO)OCO3. The maximum absolute atomic E-state index is 13.8. The second-order valence-electron chi connectivity index (χ2n) is 9.28. The van der Waals surface area contributed by atoms with E-state index in [9.17, 15) is 24.9 Å². The highest BCUT2D eigenvalue weighted by molar-refractivity contribution is 6.26. The summed E-state index contributed by atoms with van der Waals surface area (Å²) in [7, 11) is 0. The number of fused-ring (bicyclic) bond motifs is 6.